The molecule has 1 aromatic rings. The summed E-state index contributed by atoms with van der Waals surface area (Å²) in [6, 6.07) is 7.32. The third-order valence-corrected chi connectivity index (χ3v) is 3.09. The fourth-order valence-electron chi connectivity index (χ4n) is 2.08. The van der Waals surface area contributed by atoms with Gasteiger partial charge < -0.3 is 15.7 Å². The Labute approximate surface area is 101 Å². The van der Waals surface area contributed by atoms with Gasteiger partial charge in [0.15, 0.2) is 0 Å². The summed E-state index contributed by atoms with van der Waals surface area (Å²) in [5.74, 6) is 0.190. The van der Waals surface area contributed by atoms with Crippen LogP contribution >= 0.6 is 0 Å². The van der Waals surface area contributed by atoms with Crippen molar-refractivity contribution in [1.82, 2.24) is 5.32 Å². The van der Waals surface area contributed by atoms with Gasteiger partial charge in [-0.3, -0.25) is 4.79 Å². The molecule has 0 aliphatic carbocycles. The van der Waals surface area contributed by atoms with Crippen LogP contribution in [0.25, 0.3) is 0 Å². The van der Waals surface area contributed by atoms with E-state index in [1.54, 1.807) is 6.07 Å². The average molecular weight is 234 g/mol. The highest BCUT2D eigenvalue weighted by Crippen LogP contribution is 2.16. The van der Waals surface area contributed by atoms with Crippen LogP contribution in [-0.2, 0) is 11.4 Å². The number of aliphatic hydroxyl groups is 1. The van der Waals surface area contributed by atoms with Gasteiger partial charge in [-0.1, -0.05) is 12.1 Å². The Morgan fingerprint density at radius 2 is 2.18 bits per heavy atom. The number of hydrogen-bond acceptors (Lipinski definition) is 3. The van der Waals surface area contributed by atoms with Crippen molar-refractivity contribution in [2.24, 2.45) is 5.92 Å². The fraction of sp³-hybridized carbons (Fsp3) is 0.462. The zero-order valence-electron chi connectivity index (χ0n) is 9.78. The molecule has 0 aromatic heterocycles. The monoisotopic (exact) mass is 234 g/mol. The summed E-state index contributed by atoms with van der Waals surface area (Å²) < 4.78 is 0. The number of carbonyl (C=O) groups is 1. The number of rotatable bonds is 3. The van der Waals surface area contributed by atoms with Gasteiger partial charge in [-0.2, -0.15) is 0 Å². The fourth-order valence-corrected chi connectivity index (χ4v) is 2.08. The van der Waals surface area contributed by atoms with Crippen LogP contribution < -0.4 is 10.6 Å². The number of piperidine rings is 1. The van der Waals surface area contributed by atoms with Crippen LogP contribution in [0.15, 0.2) is 24.3 Å². The minimum absolute atomic E-state index is 0.00292. The van der Waals surface area contributed by atoms with E-state index >= 15 is 0 Å². The van der Waals surface area contributed by atoms with E-state index in [2.05, 4.69) is 10.6 Å². The van der Waals surface area contributed by atoms with Gasteiger partial charge in [-0.15, -0.1) is 0 Å². The number of hydrogen-bond donors (Lipinski definition) is 3. The molecule has 1 saturated heterocycles. The molecule has 1 aliphatic rings. The van der Waals surface area contributed by atoms with Crippen molar-refractivity contribution in [3.63, 3.8) is 0 Å². The standard InChI is InChI=1S/C13H18N2O2/c16-9-10-2-1-3-12(8-10)15-13(17)11-4-6-14-7-5-11/h1-3,8,11,14,16H,4-7,9H2,(H,15,17). The van der Waals surface area contributed by atoms with Crippen LogP contribution in [0.3, 0.4) is 0 Å². The Balaban J connectivity index is 1.96. The number of anilines is 1. The Morgan fingerprint density at radius 1 is 1.41 bits per heavy atom. The Kier molecular flexibility index (Phi) is 4.12. The lowest BCUT2D eigenvalue weighted by atomic mass is 9.97. The number of aliphatic hydroxyl groups excluding tert-OH is 1. The van der Waals surface area contributed by atoms with E-state index in [1.807, 2.05) is 18.2 Å². The van der Waals surface area contributed by atoms with E-state index in [9.17, 15) is 4.79 Å². The zero-order valence-corrected chi connectivity index (χ0v) is 9.78. The summed E-state index contributed by atoms with van der Waals surface area (Å²) in [4.78, 5) is 12.0. The molecule has 4 heteroatoms. The van der Waals surface area contributed by atoms with Gasteiger partial charge in [0.25, 0.3) is 0 Å². The number of nitrogens with one attached hydrogen (secondary N) is 2. The predicted molar refractivity (Wildman–Crippen MR) is 66.6 cm³/mol. The topological polar surface area (TPSA) is 61.4 Å². The largest absolute Gasteiger partial charge is 0.392 e. The molecule has 0 bridgehead atoms. The second kappa shape index (κ2) is 5.80. The molecule has 2 rings (SSSR count). The van der Waals surface area contributed by atoms with Crippen LogP contribution in [0, 0.1) is 5.92 Å². The van der Waals surface area contributed by atoms with Crippen molar-refractivity contribution in [1.29, 1.82) is 0 Å². The van der Waals surface area contributed by atoms with Gasteiger partial charge in [0, 0.05) is 11.6 Å². The average Bonchev–Trinajstić information content (AvgIpc) is 2.40. The Morgan fingerprint density at radius 3 is 2.88 bits per heavy atom. The molecule has 0 atom stereocenters. The molecule has 0 saturated carbocycles. The molecular weight excluding hydrogens is 216 g/mol. The van der Waals surface area contributed by atoms with Crippen molar-refractivity contribution in [2.75, 3.05) is 18.4 Å². The van der Waals surface area contributed by atoms with Gasteiger partial charge in [0.05, 0.1) is 6.61 Å². The second-order valence-electron chi connectivity index (χ2n) is 4.37. The molecule has 3 N–H and O–H groups in total. The molecule has 0 spiro atoms. The lowest BCUT2D eigenvalue weighted by Crippen LogP contribution is -2.34. The first-order valence-electron chi connectivity index (χ1n) is 6.01. The van der Waals surface area contributed by atoms with Crippen LogP contribution in [0.2, 0.25) is 0 Å². The van der Waals surface area contributed by atoms with Crippen LogP contribution in [-0.4, -0.2) is 24.1 Å². The molecule has 1 aromatic carbocycles. The minimum atomic E-state index is -0.00292. The van der Waals surface area contributed by atoms with E-state index in [0.717, 1.165) is 37.2 Å². The third kappa shape index (κ3) is 3.28. The van der Waals surface area contributed by atoms with Gasteiger partial charge in [0.1, 0.15) is 0 Å². The van der Waals surface area contributed by atoms with Gasteiger partial charge in [0.2, 0.25) is 5.91 Å². The Bertz CT molecular complexity index is 387. The smallest absolute Gasteiger partial charge is 0.227 e. The molecule has 0 unspecified atom stereocenters. The summed E-state index contributed by atoms with van der Waals surface area (Å²) in [7, 11) is 0. The molecular formula is C13H18N2O2. The molecule has 1 fully saturated rings. The van der Waals surface area contributed by atoms with E-state index in [1.165, 1.54) is 0 Å². The quantitative estimate of drug-likeness (QED) is 0.734. The van der Waals surface area contributed by atoms with Crippen molar-refractivity contribution in [3.8, 4) is 0 Å². The van der Waals surface area contributed by atoms with Crippen LogP contribution in [0.4, 0.5) is 5.69 Å². The van der Waals surface area contributed by atoms with E-state index in [4.69, 9.17) is 5.11 Å². The van der Waals surface area contributed by atoms with Crippen LogP contribution in [0.5, 0.6) is 0 Å². The zero-order chi connectivity index (χ0) is 12.1. The number of amides is 1. The van der Waals surface area contributed by atoms with E-state index in [-0.39, 0.29) is 18.4 Å². The van der Waals surface area contributed by atoms with Crippen molar-refractivity contribution in [3.05, 3.63) is 29.8 Å². The van der Waals surface area contributed by atoms with Gasteiger partial charge >= 0.3 is 0 Å². The summed E-state index contributed by atoms with van der Waals surface area (Å²) in [5, 5.41) is 15.2. The maximum Gasteiger partial charge on any atom is 0.227 e. The first kappa shape index (κ1) is 12.1. The third-order valence-electron chi connectivity index (χ3n) is 3.09. The summed E-state index contributed by atoms with van der Waals surface area (Å²) in [6.07, 6.45) is 1.79. The molecule has 92 valence electrons. The predicted octanol–water partition coefficient (Wildman–Crippen LogP) is 1.12. The molecule has 4 nitrogen and oxygen atoms in total. The first-order chi connectivity index (χ1) is 8.29. The summed E-state index contributed by atoms with van der Waals surface area (Å²) in [5.41, 5.74) is 1.58. The van der Waals surface area contributed by atoms with Gasteiger partial charge in [-0.05, 0) is 43.6 Å². The van der Waals surface area contributed by atoms with E-state index < -0.39 is 0 Å². The second-order valence-corrected chi connectivity index (χ2v) is 4.37. The lowest BCUT2D eigenvalue weighted by Gasteiger charge is -2.21. The highest BCUT2D eigenvalue weighted by Gasteiger charge is 2.20. The van der Waals surface area contributed by atoms with Crippen LogP contribution in [0.1, 0.15) is 18.4 Å². The summed E-state index contributed by atoms with van der Waals surface area (Å²) >= 11 is 0. The highest BCUT2D eigenvalue weighted by molar-refractivity contribution is 5.92. The van der Waals surface area contributed by atoms with Crippen molar-refractivity contribution >= 4 is 11.6 Å². The summed E-state index contributed by atoms with van der Waals surface area (Å²) in [6.45, 7) is 1.82. The van der Waals surface area contributed by atoms with Crippen molar-refractivity contribution in [2.45, 2.75) is 19.4 Å². The minimum Gasteiger partial charge on any atom is -0.392 e. The molecule has 1 amide bonds. The van der Waals surface area contributed by atoms with Crippen molar-refractivity contribution < 1.29 is 9.90 Å². The van der Waals surface area contributed by atoms with E-state index in [0.29, 0.717) is 0 Å². The highest BCUT2D eigenvalue weighted by atomic mass is 16.3. The normalized spacial score (nSPS) is 16.8. The molecule has 1 heterocycles. The number of carbonyl (C=O) groups excluding carboxylic acids is 1. The Hall–Kier alpha value is -1.39. The maximum absolute atomic E-state index is 12.0. The molecule has 0 radical (unpaired) electrons. The SMILES string of the molecule is O=C(Nc1cccc(CO)c1)C1CCNCC1. The number of benzene rings is 1. The maximum atomic E-state index is 12.0. The first-order valence-corrected chi connectivity index (χ1v) is 6.01. The molecule has 17 heavy (non-hydrogen) atoms. The molecule has 1 aliphatic heterocycles. The van der Waals surface area contributed by atoms with Gasteiger partial charge in [-0.25, -0.2) is 0 Å². The lowest BCUT2D eigenvalue weighted by molar-refractivity contribution is -0.120.